The van der Waals surface area contributed by atoms with E-state index in [0.29, 0.717) is 11.8 Å². The smallest absolute Gasteiger partial charge is 0.0589 e. The predicted molar refractivity (Wildman–Crippen MR) is 84.9 cm³/mol. The fourth-order valence-electron chi connectivity index (χ4n) is 3.54. The predicted octanol–water partition coefficient (Wildman–Crippen LogP) is 3.17. The van der Waals surface area contributed by atoms with Gasteiger partial charge in [0.1, 0.15) is 0 Å². The summed E-state index contributed by atoms with van der Waals surface area (Å²) in [4.78, 5) is 2.48. The highest BCUT2D eigenvalue weighted by Gasteiger charge is 2.30. The standard InChI is InChI=1S/C17H35NO2/c1-5-6-15-7-8-17(19)16(11-15)13-18(9-10-20-4)12-14(2)3/h14-17,19H,5-13H2,1-4H3. The largest absolute Gasteiger partial charge is 0.393 e. The summed E-state index contributed by atoms with van der Waals surface area (Å²) in [5, 5.41) is 10.3. The van der Waals surface area contributed by atoms with Crippen molar-refractivity contribution in [2.24, 2.45) is 17.8 Å². The van der Waals surface area contributed by atoms with E-state index in [9.17, 15) is 5.11 Å². The molecule has 0 aromatic carbocycles. The van der Waals surface area contributed by atoms with Crippen molar-refractivity contribution in [1.29, 1.82) is 0 Å². The lowest BCUT2D eigenvalue weighted by Crippen LogP contribution is -2.41. The first-order valence-electron chi connectivity index (χ1n) is 8.46. The van der Waals surface area contributed by atoms with Gasteiger partial charge in [0.15, 0.2) is 0 Å². The van der Waals surface area contributed by atoms with Crippen LogP contribution in [0.3, 0.4) is 0 Å². The summed E-state index contributed by atoms with van der Waals surface area (Å²) in [7, 11) is 1.76. The Labute approximate surface area is 125 Å². The molecule has 120 valence electrons. The highest BCUT2D eigenvalue weighted by Crippen LogP contribution is 2.32. The Morgan fingerprint density at radius 1 is 1.30 bits per heavy atom. The zero-order chi connectivity index (χ0) is 15.0. The maximum atomic E-state index is 10.3. The molecule has 1 saturated carbocycles. The summed E-state index contributed by atoms with van der Waals surface area (Å²) >= 11 is 0. The van der Waals surface area contributed by atoms with E-state index in [1.54, 1.807) is 7.11 Å². The van der Waals surface area contributed by atoms with Gasteiger partial charge in [-0.25, -0.2) is 0 Å². The number of hydrogen-bond acceptors (Lipinski definition) is 3. The number of ether oxygens (including phenoxy) is 1. The van der Waals surface area contributed by atoms with Gasteiger partial charge in [0, 0.05) is 26.7 Å². The quantitative estimate of drug-likeness (QED) is 0.706. The lowest BCUT2D eigenvalue weighted by molar-refractivity contribution is 0.0189. The van der Waals surface area contributed by atoms with E-state index in [2.05, 4.69) is 25.7 Å². The average Bonchev–Trinajstić information content (AvgIpc) is 2.39. The van der Waals surface area contributed by atoms with Gasteiger partial charge in [-0.2, -0.15) is 0 Å². The van der Waals surface area contributed by atoms with Crippen LogP contribution in [0, 0.1) is 17.8 Å². The minimum Gasteiger partial charge on any atom is -0.393 e. The Hall–Kier alpha value is -0.120. The molecular weight excluding hydrogens is 250 g/mol. The Bertz CT molecular complexity index is 245. The molecule has 3 nitrogen and oxygen atoms in total. The molecule has 0 spiro atoms. The molecule has 0 radical (unpaired) electrons. The number of hydrogen-bond donors (Lipinski definition) is 1. The van der Waals surface area contributed by atoms with Gasteiger partial charge in [-0.15, -0.1) is 0 Å². The maximum Gasteiger partial charge on any atom is 0.0589 e. The number of nitrogens with zero attached hydrogens (tertiary/aromatic N) is 1. The Balaban J connectivity index is 2.50. The van der Waals surface area contributed by atoms with Gasteiger partial charge in [-0.1, -0.05) is 33.6 Å². The molecule has 1 rings (SSSR count). The van der Waals surface area contributed by atoms with Crippen LogP contribution in [0.1, 0.15) is 52.9 Å². The van der Waals surface area contributed by atoms with Crippen molar-refractivity contribution in [1.82, 2.24) is 4.90 Å². The molecule has 3 atom stereocenters. The molecule has 20 heavy (non-hydrogen) atoms. The molecule has 1 aliphatic rings. The van der Waals surface area contributed by atoms with Gasteiger partial charge < -0.3 is 14.7 Å². The van der Waals surface area contributed by atoms with Crippen LogP contribution >= 0.6 is 0 Å². The van der Waals surface area contributed by atoms with Crippen LogP contribution in [-0.2, 0) is 4.74 Å². The Morgan fingerprint density at radius 3 is 2.65 bits per heavy atom. The molecule has 0 saturated heterocycles. The molecule has 0 aromatic rings. The van der Waals surface area contributed by atoms with Gasteiger partial charge in [0.2, 0.25) is 0 Å². The van der Waals surface area contributed by atoms with Crippen molar-refractivity contribution < 1.29 is 9.84 Å². The highest BCUT2D eigenvalue weighted by atomic mass is 16.5. The molecule has 0 aliphatic heterocycles. The summed E-state index contributed by atoms with van der Waals surface area (Å²) in [5.74, 6) is 1.95. The van der Waals surface area contributed by atoms with Crippen LogP contribution in [0.15, 0.2) is 0 Å². The number of aliphatic hydroxyl groups is 1. The Morgan fingerprint density at radius 2 is 2.05 bits per heavy atom. The molecule has 1 aliphatic carbocycles. The van der Waals surface area contributed by atoms with E-state index in [1.807, 2.05) is 0 Å². The van der Waals surface area contributed by atoms with Crippen LogP contribution in [0.4, 0.5) is 0 Å². The second-order valence-electron chi connectivity index (χ2n) is 6.94. The maximum absolute atomic E-state index is 10.3. The average molecular weight is 285 g/mol. The number of aliphatic hydroxyl groups excluding tert-OH is 1. The molecule has 0 heterocycles. The van der Waals surface area contributed by atoms with E-state index in [4.69, 9.17) is 4.74 Å². The van der Waals surface area contributed by atoms with Crippen LogP contribution < -0.4 is 0 Å². The lowest BCUT2D eigenvalue weighted by Gasteiger charge is -2.37. The van der Waals surface area contributed by atoms with Crippen molar-refractivity contribution in [3.8, 4) is 0 Å². The number of rotatable bonds is 9. The van der Waals surface area contributed by atoms with Gasteiger partial charge in [-0.05, 0) is 37.0 Å². The normalized spacial score (nSPS) is 27.4. The van der Waals surface area contributed by atoms with E-state index in [1.165, 1.54) is 25.7 Å². The van der Waals surface area contributed by atoms with Gasteiger partial charge in [0.25, 0.3) is 0 Å². The molecule has 3 heteroatoms. The molecule has 0 aromatic heterocycles. The summed E-state index contributed by atoms with van der Waals surface area (Å²) in [5.41, 5.74) is 0. The van der Waals surface area contributed by atoms with E-state index < -0.39 is 0 Å². The Kier molecular flexibility index (Phi) is 8.74. The first kappa shape index (κ1) is 17.9. The second-order valence-corrected chi connectivity index (χ2v) is 6.94. The molecule has 0 bridgehead atoms. The van der Waals surface area contributed by atoms with E-state index >= 15 is 0 Å². The van der Waals surface area contributed by atoms with Crippen LogP contribution in [0.2, 0.25) is 0 Å². The second kappa shape index (κ2) is 9.75. The lowest BCUT2D eigenvalue weighted by atomic mass is 9.77. The topological polar surface area (TPSA) is 32.7 Å². The van der Waals surface area contributed by atoms with Gasteiger partial charge in [0.05, 0.1) is 12.7 Å². The third-order valence-corrected chi connectivity index (χ3v) is 4.48. The van der Waals surface area contributed by atoms with Crippen LogP contribution in [0.5, 0.6) is 0 Å². The highest BCUT2D eigenvalue weighted by molar-refractivity contribution is 4.82. The van der Waals surface area contributed by atoms with Crippen molar-refractivity contribution in [3.63, 3.8) is 0 Å². The summed E-state index contributed by atoms with van der Waals surface area (Å²) in [6, 6.07) is 0. The first-order chi connectivity index (χ1) is 9.56. The van der Waals surface area contributed by atoms with E-state index in [-0.39, 0.29) is 6.10 Å². The monoisotopic (exact) mass is 285 g/mol. The SMILES string of the molecule is CCCC1CCC(O)C(CN(CCOC)CC(C)C)C1. The fourth-order valence-corrected chi connectivity index (χ4v) is 3.54. The van der Waals surface area contributed by atoms with E-state index in [0.717, 1.165) is 38.6 Å². The summed E-state index contributed by atoms with van der Waals surface area (Å²) in [6.07, 6.45) is 5.91. The van der Waals surface area contributed by atoms with Crippen LogP contribution in [0.25, 0.3) is 0 Å². The van der Waals surface area contributed by atoms with Crippen molar-refractivity contribution in [2.75, 3.05) is 33.4 Å². The third kappa shape index (κ3) is 6.55. The van der Waals surface area contributed by atoms with Gasteiger partial charge in [-0.3, -0.25) is 0 Å². The number of methoxy groups -OCH3 is 1. The minimum atomic E-state index is -0.0969. The minimum absolute atomic E-state index is 0.0969. The summed E-state index contributed by atoms with van der Waals surface area (Å²) in [6.45, 7) is 10.7. The third-order valence-electron chi connectivity index (χ3n) is 4.48. The molecule has 0 amide bonds. The first-order valence-corrected chi connectivity index (χ1v) is 8.46. The zero-order valence-electron chi connectivity index (χ0n) is 14.0. The molecule has 1 N–H and O–H groups in total. The fraction of sp³-hybridized carbons (Fsp3) is 1.00. The molecular formula is C17H35NO2. The van der Waals surface area contributed by atoms with Crippen molar-refractivity contribution in [2.45, 2.75) is 59.0 Å². The molecule has 1 fully saturated rings. The van der Waals surface area contributed by atoms with Crippen LogP contribution in [-0.4, -0.2) is 49.5 Å². The summed E-state index contributed by atoms with van der Waals surface area (Å²) < 4.78 is 5.23. The van der Waals surface area contributed by atoms with Crippen molar-refractivity contribution >= 4 is 0 Å². The van der Waals surface area contributed by atoms with Gasteiger partial charge >= 0.3 is 0 Å². The zero-order valence-corrected chi connectivity index (χ0v) is 14.0. The molecule has 3 unspecified atom stereocenters. The van der Waals surface area contributed by atoms with Crippen molar-refractivity contribution in [3.05, 3.63) is 0 Å².